The molecule has 2 aromatic carbocycles. The Hall–Kier alpha value is -3.03. The quantitative estimate of drug-likeness (QED) is 0.369. The zero-order valence-corrected chi connectivity index (χ0v) is 19.3. The average molecular weight is 459 g/mol. The molecule has 1 fully saturated rings. The van der Waals surface area contributed by atoms with E-state index in [2.05, 4.69) is 0 Å². The molecule has 1 aliphatic heterocycles. The first kappa shape index (κ1) is 23.6. The fourth-order valence-electron chi connectivity index (χ4n) is 3.65. The van der Waals surface area contributed by atoms with E-state index in [1.54, 1.807) is 43.5 Å². The number of aliphatic hydroxyl groups is 1. The number of benzene rings is 2. The monoisotopic (exact) mass is 458 g/mol. The molecule has 1 saturated heterocycles. The third-order valence-corrected chi connectivity index (χ3v) is 5.54. The van der Waals surface area contributed by atoms with Crippen molar-refractivity contribution in [1.29, 1.82) is 0 Å². The second-order valence-electron chi connectivity index (χ2n) is 7.65. The molecule has 0 spiro atoms. The summed E-state index contributed by atoms with van der Waals surface area (Å²) in [5, 5.41) is 11.4. The van der Waals surface area contributed by atoms with E-state index in [4.69, 9.17) is 21.1 Å². The van der Waals surface area contributed by atoms with E-state index in [9.17, 15) is 14.7 Å². The van der Waals surface area contributed by atoms with Crippen LogP contribution in [0.3, 0.4) is 0 Å². The number of amides is 1. The Morgan fingerprint density at radius 3 is 2.56 bits per heavy atom. The van der Waals surface area contributed by atoms with Crippen molar-refractivity contribution in [2.45, 2.75) is 13.0 Å². The van der Waals surface area contributed by atoms with Crippen LogP contribution in [-0.4, -0.2) is 67.5 Å². The predicted octanol–water partition coefficient (Wildman–Crippen LogP) is 3.73. The van der Waals surface area contributed by atoms with Crippen LogP contribution < -0.4 is 9.47 Å². The number of methoxy groups -OCH3 is 1. The van der Waals surface area contributed by atoms with Crippen molar-refractivity contribution in [2.24, 2.45) is 0 Å². The first-order valence-electron chi connectivity index (χ1n) is 10.3. The maximum Gasteiger partial charge on any atom is 0.295 e. The van der Waals surface area contributed by atoms with Crippen molar-refractivity contribution in [3.63, 3.8) is 0 Å². The van der Waals surface area contributed by atoms with Crippen LogP contribution in [0.4, 0.5) is 0 Å². The Labute approximate surface area is 192 Å². The van der Waals surface area contributed by atoms with Gasteiger partial charge in [-0.05, 0) is 56.9 Å². The van der Waals surface area contributed by atoms with Crippen LogP contribution in [0.2, 0.25) is 5.02 Å². The molecule has 3 rings (SSSR count). The number of nitrogens with zero attached hydrogens (tertiary/aromatic N) is 2. The topological polar surface area (TPSA) is 79.3 Å². The summed E-state index contributed by atoms with van der Waals surface area (Å²) in [7, 11) is 5.32. The van der Waals surface area contributed by atoms with Gasteiger partial charge in [0.15, 0.2) is 0 Å². The van der Waals surface area contributed by atoms with Crippen LogP contribution in [0, 0.1) is 0 Å². The summed E-state index contributed by atoms with van der Waals surface area (Å²) in [5.74, 6) is -0.614. The normalized spacial score (nSPS) is 17.8. The number of likely N-dealkylation sites (N-methyl/N-ethyl adjacent to an activating group) is 1. The maximum absolute atomic E-state index is 13.1. The van der Waals surface area contributed by atoms with Crippen molar-refractivity contribution < 1.29 is 24.2 Å². The fourth-order valence-corrected chi connectivity index (χ4v) is 3.89. The third-order valence-electron chi connectivity index (χ3n) is 5.24. The molecule has 8 heteroatoms. The van der Waals surface area contributed by atoms with Gasteiger partial charge in [-0.25, -0.2) is 0 Å². The average Bonchev–Trinajstić information content (AvgIpc) is 3.03. The number of ether oxygens (including phenoxy) is 2. The van der Waals surface area contributed by atoms with Gasteiger partial charge in [-0.1, -0.05) is 23.7 Å². The van der Waals surface area contributed by atoms with Crippen LogP contribution in [0.25, 0.3) is 5.76 Å². The highest BCUT2D eigenvalue weighted by Crippen LogP contribution is 2.40. The molecule has 0 aliphatic carbocycles. The highest BCUT2D eigenvalue weighted by atomic mass is 35.5. The molecule has 170 valence electrons. The van der Waals surface area contributed by atoms with E-state index < -0.39 is 17.7 Å². The number of hydrogen-bond donors (Lipinski definition) is 1. The van der Waals surface area contributed by atoms with E-state index >= 15 is 0 Å². The largest absolute Gasteiger partial charge is 0.507 e. The molecule has 1 N–H and O–H groups in total. The van der Waals surface area contributed by atoms with Crippen molar-refractivity contribution in [2.75, 3.05) is 40.9 Å². The minimum absolute atomic E-state index is 0.0160. The summed E-state index contributed by atoms with van der Waals surface area (Å²) >= 11 is 6.29. The maximum atomic E-state index is 13.1. The molecule has 2 aromatic rings. The van der Waals surface area contributed by atoms with Crippen molar-refractivity contribution in [3.8, 4) is 11.5 Å². The standard InChI is InChI=1S/C24H27ClN2O5/c1-5-32-19-10-9-16(14-18(19)25)22(28)20-21(15-7-6-8-17(13-15)31-4)27(12-11-26(2)3)24(30)23(20)29/h6-10,13-14,21,28H,5,11-12H2,1-4H3/t21-/m0/s1. The van der Waals surface area contributed by atoms with Crippen molar-refractivity contribution in [3.05, 3.63) is 64.2 Å². The summed E-state index contributed by atoms with van der Waals surface area (Å²) in [4.78, 5) is 29.4. The molecule has 0 bridgehead atoms. The molecular formula is C24H27ClN2O5. The number of halogens is 1. The first-order chi connectivity index (χ1) is 15.3. The van der Waals surface area contributed by atoms with Gasteiger partial charge in [-0.3, -0.25) is 9.59 Å². The van der Waals surface area contributed by atoms with E-state index in [1.165, 1.54) is 11.0 Å². The Bertz CT molecular complexity index is 1050. The zero-order chi connectivity index (χ0) is 23.4. The summed E-state index contributed by atoms with van der Waals surface area (Å²) < 4.78 is 10.8. The van der Waals surface area contributed by atoms with E-state index in [-0.39, 0.29) is 11.3 Å². The number of rotatable bonds is 8. The second kappa shape index (κ2) is 10.1. The van der Waals surface area contributed by atoms with Crippen molar-refractivity contribution >= 4 is 29.1 Å². The molecule has 0 unspecified atom stereocenters. The molecule has 1 heterocycles. The van der Waals surface area contributed by atoms with Crippen LogP contribution >= 0.6 is 11.6 Å². The number of aliphatic hydroxyl groups excluding tert-OH is 1. The Morgan fingerprint density at radius 1 is 1.19 bits per heavy atom. The van der Waals surface area contributed by atoms with Crippen molar-refractivity contribution in [1.82, 2.24) is 9.80 Å². The van der Waals surface area contributed by atoms with E-state index in [1.807, 2.05) is 25.9 Å². The van der Waals surface area contributed by atoms with Gasteiger partial charge in [0.2, 0.25) is 0 Å². The summed E-state index contributed by atoms with van der Waals surface area (Å²) in [6.45, 7) is 3.16. The van der Waals surface area contributed by atoms with Gasteiger partial charge >= 0.3 is 0 Å². The fraction of sp³-hybridized carbons (Fsp3) is 0.333. The molecule has 0 saturated carbocycles. The Kier molecular flexibility index (Phi) is 7.43. The van der Waals surface area contributed by atoms with Crippen LogP contribution in [0.5, 0.6) is 11.5 Å². The lowest BCUT2D eigenvalue weighted by molar-refractivity contribution is -0.140. The van der Waals surface area contributed by atoms with E-state index in [0.29, 0.717) is 47.3 Å². The van der Waals surface area contributed by atoms with Crippen LogP contribution in [-0.2, 0) is 9.59 Å². The van der Waals surface area contributed by atoms with Gasteiger partial charge in [0.05, 0.1) is 30.4 Å². The molecule has 0 radical (unpaired) electrons. The number of likely N-dealkylation sites (tertiary alicyclic amines) is 1. The minimum Gasteiger partial charge on any atom is -0.507 e. The Morgan fingerprint density at radius 2 is 1.94 bits per heavy atom. The van der Waals surface area contributed by atoms with Gasteiger partial charge in [0.1, 0.15) is 17.3 Å². The highest BCUT2D eigenvalue weighted by molar-refractivity contribution is 6.46. The molecule has 1 amide bonds. The summed E-state index contributed by atoms with van der Waals surface area (Å²) in [6.07, 6.45) is 0. The zero-order valence-electron chi connectivity index (χ0n) is 18.6. The van der Waals surface area contributed by atoms with Gasteiger partial charge in [-0.2, -0.15) is 0 Å². The van der Waals surface area contributed by atoms with Crippen LogP contribution in [0.1, 0.15) is 24.1 Å². The third kappa shape index (κ3) is 4.74. The molecule has 32 heavy (non-hydrogen) atoms. The molecule has 1 aliphatic rings. The number of hydrogen-bond acceptors (Lipinski definition) is 6. The lowest BCUT2D eigenvalue weighted by Crippen LogP contribution is -2.35. The highest BCUT2D eigenvalue weighted by Gasteiger charge is 2.46. The number of carbonyl (C=O) groups is 2. The van der Waals surface area contributed by atoms with Crippen LogP contribution in [0.15, 0.2) is 48.0 Å². The first-order valence-corrected chi connectivity index (χ1v) is 10.7. The summed E-state index contributed by atoms with van der Waals surface area (Å²) in [5.41, 5.74) is 1.01. The number of ketones is 1. The molecule has 1 atom stereocenters. The predicted molar refractivity (Wildman–Crippen MR) is 123 cm³/mol. The number of carbonyl (C=O) groups excluding carboxylic acids is 2. The minimum atomic E-state index is -0.754. The lowest BCUT2D eigenvalue weighted by Gasteiger charge is -2.26. The van der Waals surface area contributed by atoms with Gasteiger partial charge in [-0.15, -0.1) is 0 Å². The van der Waals surface area contributed by atoms with Gasteiger partial charge in [0, 0.05) is 18.7 Å². The lowest BCUT2D eigenvalue weighted by atomic mass is 9.95. The Balaban J connectivity index is 2.14. The summed E-state index contributed by atoms with van der Waals surface area (Å²) in [6, 6.07) is 11.1. The second-order valence-corrected chi connectivity index (χ2v) is 8.06. The van der Waals surface area contributed by atoms with Gasteiger partial charge in [0.25, 0.3) is 11.7 Å². The number of Topliss-reactive ketones (excluding diaryl/α,β-unsaturated/α-hetero) is 1. The molecule has 7 nitrogen and oxygen atoms in total. The molecule has 0 aromatic heterocycles. The van der Waals surface area contributed by atoms with Gasteiger partial charge < -0.3 is 24.4 Å². The molecular weight excluding hydrogens is 432 g/mol. The SMILES string of the molecule is CCOc1ccc(C(O)=C2C(=O)C(=O)N(CCN(C)C)[C@H]2c2cccc(OC)c2)cc1Cl. The van der Waals surface area contributed by atoms with E-state index in [0.717, 1.165) is 0 Å². The smallest absolute Gasteiger partial charge is 0.295 e.